The third-order valence-corrected chi connectivity index (χ3v) is 4.46. The summed E-state index contributed by atoms with van der Waals surface area (Å²) in [6, 6.07) is 3.03. The van der Waals surface area contributed by atoms with Crippen LogP contribution in [0.5, 0.6) is 0 Å². The van der Waals surface area contributed by atoms with Gasteiger partial charge in [-0.3, -0.25) is 4.68 Å². The largest absolute Gasteiger partial charge is 0.378 e. The molecule has 1 saturated carbocycles. The maximum absolute atomic E-state index is 5.77. The van der Waals surface area contributed by atoms with Gasteiger partial charge in [-0.1, -0.05) is 6.92 Å². The predicted molar refractivity (Wildman–Crippen MR) is 82.0 cm³/mol. The van der Waals surface area contributed by atoms with Gasteiger partial charge in [0.2, 0.25) is 0 Å². The first kappa shape index (κ1) is 15.5. The SMILES string of the molecule is CCNC(Cc1ccn(C(C)C)n1)CC1(OC)CCC1. The summed E-state index contributed by atoms with van der Waals surface area (Å²) < 4.78 is 7.80. The van der Waals surface area contributed by atoms with Crippen LogP contribution in [0, 0.1) is 0 Å². The van der Waals surface area contributed by atoms with Gasteiger partial charge in [0, 0.05) is 31.8 Å². The fourth-order valence-corrected chi connectivity index (χ4v) is 3.04. The van der Waals surface area contributed by atoms with Gasteiger partial charge >= 0.3 is 0 Å². The van der Waals surface area contributed by atoms with E-state index in [0.29, 0.717) is 12.1 Å². The third kappa shape index (κ3) is 3.61. The average Bonchev–Trinajstić information content (AvgIpc) is 2.82. The van der Waals surface area contributed by atoms with Crippen LogP contribution in [0.3, 0.4) is 0 Å². The van der Waals surface area contributed by atoms with E-state index >= 15 is 0 Å². The van der Waals surface area contributed by atoms with Crippen LogP contribution in [0.25, 0.3) is 0 Å². The molecule has 0 spiro atoms. The molecule has 0 saturated heterocycles. The molecule has 0 amide bonds. The van der Waals surface area contributed by atoms with Crippen molar-refractivity contribution in [3.8, 4) is 0 Å². The molecule has 0 aliphatic heterocycles. The second-order valence-electron chi connectivity index (χ2n) is 6.28. The second kappa shape index (κ2) is 6.72. The molecular weight excluding hydrogens is 250 g/mol. The van der Waals surface area contributed by atoms with Crippen LogP contribution in [0.4, 0.5) is 0 Å². The van der Waals surface area contributed by atoms with Crippen molar-refractivity contribution in [2.75, 3.05) is 13.7 Å². The van der Waals surface area contributed by atoms with Crippen LogP contribution in [0.2, 0.25) is 0 Å². The Balaban J connectivity index is 1.97. The fraction of sp³-hybridized carbons (Fsp3) is 0.812. The van der Waals surface area contributed by atoms with Crippen molar-refractivity contribution in [1.82, 2.24) is 15.1 Å². The molecule has 1 aliphatic rings. The molecule has 0 radical (unpaired) electrons. The standard InChI is InChI=1S/C16H29N3O/c1-5-17-15(12-16(20-4)8-6-9-16)11-14-7-10-19(18-14)13(2)3/h7,10,13,15,17H,5-6,8-9,11-12H2,1-4H3. The summed E-state index contributed by atoms with van der Waals surface area (Å²) in [5, 5.41) is 8.27. The lowest BCUT2D eigenvalue weighted by atomic mass is 9.75. The molecule has 4 nitrogen and oxygen atoms in total. The zero-order valence-electron chi connectivity index (χ0n) is 13.4. The smallest absolute Gasteiger partial charge is 0.0693 e. The maximum Gasteiger partial charge on any atom is 0.0693 e. The summed E-state index contributed by atoms with van der Waals surface area (Å²) in [6.45, 7) is 7.48. The molecular formula is C16H29N3O. The summed E-state index contributed by atoms with van der Waals surface area (Å²) in [4.78, 5) is 0. The van der Waals surface area contributed by atoms with Gasteiger partial charge in [-0.05, 0) is 52.1 Å². The highest BCUT2D eigenvalue weighted by atomic mass is 16.5. The number of nitrogens with zero attached hydrogens (tertiary/aromatic N) is 2. The Hall–Kier alpha value is -0.870. The summed E-state index contributed by atoms with van der Waals surface area (Å²) in [7, 11) is 1.86. The number of aromatic nitrogens is 2. The van der Waals surface area contributed by atoms with Crippen molar-refractivity contribution in [1.29, 1.82) is 0 Å². The van der Waals surface area contributed by atoms with Gasteiger partial charge < -0.3 is 10.1 Å². The van der Waals surface area contributed by atoms with Crippen LogP contribution >= 0.6 is 0 Å². The monoisotopic (exact) mass is 279 g/mol. The lowest BCUT2D eigenvalue weighted by Crippen LogP contribution is -2.46. The van der Waals surface area contributed by atoms with E-state index in [4.69, 9.17) is 4.74 Å². The van der Waals surface area contributed by atoms with Gasteiger partial charge in [0.25, 0.3) is 0 Å². The number of hydrogen-bond acceptors (Lipinski definition) is 3. The van der Waals surface area contributed by atoms with Crippen molar-refractivity contribution in [2.24, 2.45) is 0 Å². The van der Waals surface area contributed by atoms with E-state index in [9.17, 15) is 0 Å². The van der Waals surface area contributed by atoms with E-state index in [2.05, 4.69) is 43.4 Å². The van der Waals surface area contributed by atoms with E-state index in [1.807, 2.05) is 11.8 Å². The summed E-state index contributed by atoms with van der Waals surface area (Å²) in [5.41, 5.74) is 1.29. The average molecular weight is 279 g/mol. The van der Waals surface area contributed by atoms with Crippen LogP contribution in [-0.4, -0.2) is 35.1 Å². The zero-order chi connectivity index (χ0) is 14.6. The van der Waals surface area contributed by atoms with Crippen molar-refractivity contribution in [3.05, 3.63) is 18.0 Å². The quantitative estimate of drug-likeness (QED) is 0.795. The van der Waals surface area contributed by atoms with Crippen LogP contribution in [0.1, 0.15) is 58.2 Å². The van der Waals surface area contributed by atoms with Gasteiger partial charge in [0.15, 0.2) is 0 Å². The normalized spacial score (nSPS) is 19.1. The summed E-state index contributed by atoms with van der Waals surface area (Å²) in [6.07, 6.45) is 7.86. The van der Waals surface area contributed by atoms with Crippen LogP contribution in [-0.2, 0) is 11.2 Å². The van der Waals surface area contributed by atoms with Crippen LogP contribution < -0.4 is 5.32 Å². The molecule has 1 atom stereocenters. The number of nitrogens with one attached hydrogen (secondary N) is 1. The molecule has 0 bridgehead atoms. The molecule has 1 N–H and O–H groups in total. The molecule has 20 heavy (non-hydrogen) atoms. The molecule has 2 rings (SSSR count). The zero-order valence-corrected chi connectivity index (χ0v) is 13.4. The van der Waals surface area contributed by atoms with Crippen molar-refractivity contribution in [2.45, 2.75) is 70.6 Å². The lowest BCUT2D eigenvalue weighted by molar-refractivity contribution is -0.0833. The minimum absolute atomic E-state index is 0.119. The molecule has 1 fully saturated rings. The summed E-state index contributed by atoms with van der Waals surface area (Å²) >= 11 is 0. The Morgan fingerprint density at radius 1 is 1.45 bits per heavy atom. The summed E-state index contributed by atoms with van der Waals surface area (Å²) in [5.74, 6) is 0. The second-order valence-corrected chi connectivity index (χ2v) is 6.28. The number of rotatable bonds is 8. The Morgan fingerprint density at radius 2 is 2.20 bits per heavy atom. The number of hydrogen-bond donors (Lipinski definition) is 1. The van der Waals surface area contributed by atoms with Crippen molar-refractivity contribution >= 4 is 0 Å². The van der Waals surface area contributed by atoms with E-state index in [-0.39, 0.29) is 5.60 Å². The Morgan fingerprint density at radius 3 is 2.65 bits per heavy atom. The van der Waals surface area contributed by atoms with E-state index < -0.39 is 0 Å². The van der Waals surface area contributed by atoms with Gasteiger partial charge in [-0.2, -0.15) is 5.10 Å². The molecule has 1 heterocycles. The van der Waals surface area contributed by atoms with Gasteiger partial charge in [0.05, 0.1) is 11.3 Å². The van der Waals surface area contributed by atoms with Gasteiger partial charge in [-0.15, -0.1) is 0 Å². The first-order valence-electron chi connectivity index (χ1n) is 7.91. The highest BCUT2D eigenvalue weighted by Gasteiger charge is 2.38. The van der Waals surface area contributed by atoms with E-state index in [0.717, 1.165) is 19.4 Å². The minimum Gasteiger partial charge on any atom is -0.378 e. The highest BCUT2D eigenvalue weighted by molar-refractivity contribution is 5.04. The van der Waals surface area contributed by atoms with E-state index in [1.165, 1.54) is 25.0 Å². The number of ether oxygens (including phenoxy) is 1. The van der Waals surface area contributed by atoms with Crippen molar-refractivity contribution < 1.29 is 4.74 Å². The van der Waals surface area contributed by atoms with Gasteiger partial charge in [-0.25, -0.2) is 0 Å². The minimum atomic E-state index is 0.119. The maximum atomic E-state index is 5.77. The fourth-order valence-electron chi connectivity index (χ4n) is 3.04. The number of methoxy groups -OCH3 is 1. The number of likely N-dealkylation sites (N-methyl/N-ethyl adjacent to an activating group) is 1. The Kier molecular flexibility index (Phi) is 5.22. The lowest BCUT2D eigenvalue weighted by Gasteiger charge is -2.43. The Bertz CT molecular complexity index is 404. The predicted octanol–water partition coefficient (Wildman–Crippen LogP) is 2.94. The first-order chi connectivity index (χ1) is 9.58. The molecule has 1 aromatic heterocycles. The first-order valence-corrected chi connectivity index (χ1v) is 7.91. The van der Waals surface area contributed by atoms with Crippen LogP contribution in [0.15, 0.2) is 12.3 Å². The molecule has 1 aromatic rings. The van der Waals surface area contributed by atoms with E-state index in [1.54, 1.807) is 0 Å². The van der Waals surface area contributed by atoms with Crippen molar-refractivity contribution in [3.63, 3.8) is 0 Å². The van der Waals surface area contributed by atoms with Gasteiger partial charge in [0.1, 0.15) is 0 Å². The molecule has 4 heteroatoms. The molecule has 1 unspecified atom stereocenters. The third-order valence-electron chi connectivity index (χ3n) is 4.46. The molecule has 0 aromatic carbocycles. The molecule has 1 aliphatic carbocycles. The highest BCUT2D eigenvalue weighted by Crippen LogP contribution is 2.39. The molecule has 114 valence electrons. The Labute approximate surface area is 122 Å². The topological polar surface area (TPSA) is 39.1 Å².